The SMILES string of the molecule is CNCc1cnc(N(CC2CC2)C2CC2)s1. The Balaban J connectivity index is 1.70. The third-order valence-electron chi connectivity index (χ3n) is 3.28. The summed E-state index contributed by atoms with van der Waals surface area (Å²) in [7, 11) is 1.99. The molecule has 16 heavy (non-hydrogen) atoms. The number of rotatable bonds is 6. The minimum atomic E-state index is 0.800. The Morgan fingerprint density at radius 3 is 2.88 bits per heavy atom. The van der Waals surface area contributed by atoms with Crippen LogP contribution in [0.3, 0.4) is 0 Å². The molecule has 0 amide bonds. The van der Waals surface area contributed by atoms with Gasteiger partial charge in [-0.1, -0.05) is 0 Å². The van der Waals surface area contributed by atoms with E-state index in [1.54, 1.807) is 0 Å². The molecule has 0 unspecified atom stereocenters. The highest BCUT2D eigenvalue weighted by Gasteiger charge is 2.35. The maximum atomic E-state index is 4.58. The molecule has 0 atom stereocenters. The summed E-state index contributed by atoms with van der Waals surface area (Å²) in [6.45, 7) is 2.19. The van der Waals surface area contributed by atoms with Crippen LogP contribution >= 0.6 is 11.3 Å². The van der Waals surface area contributed by atoms with Crippen molar-refractivity contribution >= 4 is 16.5 Å². The fourth-order valence-corrected chi connectivity index (χ4v) is 3.04. The molecule has 3 nitrogen and oxygen atoms in total. The van der Waals surface area contributed by atoms with Gasteiger partial charge in [0.1, 0.15) is 0 Å². The fourth-order valence-electron chi connectivity index (χ4n) is 2.03. The second-order valence-corrected chi connectivity index (χ2v) is 6.06. The third-order valence-corrected chi connectivity index (χ3v) is 4.31. The van der Waals surface area contributed by atoms with Gasteiger partial charge in [-0.2, -0.15) is 0 Å². The summed E-state index contributed by atoms with van der Waals surface area (Å²) in [5.41, 5.74) is 0. The first-order valence-corrected chi connectivity index (χ1v) is 7.04. The van der Waals surface area contributed by atoms with Crippen molar-refractivity contribution in [1.29, 1.82) is 0 Å². The van der Waals surface area contributed by atoms with Crippen LogP contribution in [0.25, 0.3) is 0 Å². The van der Waals surface area contributed by atoms with Crippen molar-refractivity contribution in [1.82, 2.24) is 10.3 Å². The first-order chi connectivity index (χ1) is 7.86. The molecule has 0 spiro atoms. The lowest BCUT2D eigenvalue weighted by molar-refractivity contribution is 0.716. The minimum absolute atomic E-state index is 0.800. The molecular weight excluding hydrogens is 218 g/mol. The van der Waals surface area contributed by atoms with E-state index in [0.29, 0.717) is 0 Å². The highest BCUT2D eigenvalue weighted by Crippen LogP contribution is 2.38. The van der Waals surface area contributed by atoms with Crippen molar-refractivity contribution < 1.29 is 0 Å². The van der Waals surface area contributed by atoms with E-state index in [-0.39, 0.29) is 0 Å². The molecule has 1 N–H and O–H groups in total. The first kappa shape index (κ1) is 10.5. The number of anilines is 1. The average Bonchev–Trinajstić information content (AvgIpc) is 3.17. The molecule has 1 aromatic heterocycles. The largest absolute Gasteiger partial charge is 0.345 e. The number of nitrogens with zero attached hydrogens (tertiary/aromatic N) is 2. The van der Waals surface area contributed by atoms with Crippen molar-refractivity contribution in [3.63, 3.8) is 0 Å². The number of hydrogen-bond acceptors (Lipinski definition) is 4. The number of nitrogens with one attached hydrogen (secondary N) is 1. The molecule has 2 fully saturated rings. The van der Waals surface area contributed by atoms with Gasteiger partial charge in [-0.15, -0.1) is 11.3 Å². The van der Waals surface area contributed by atoms with Crippen LogP contribution in [0, 0.1) is 5.92 Å². The lowest BCUT2D eigenvalue weighted by Crippen LogP contribution is -2.27. The predicted molar refractivity (Wildman–Crippen MR) is 68.0 cm³/mol. The van der Waals surface area contributed by atoms with Gasteiger partial charge in [0.05, 0.1) is 0 Å². The van der Waals surface area contributed by atoms with Crippen LogP contribution in [0.2, 0.25) is 0 Å². The molecule has 2 saturated carbocycles. The van der Waals surface area contributed by atoms with Crippen LogP contribution in [0.1, 0.15) is 30.6 Å². The van der Waals surface area contributed by atoms with Crippen molar-refractivity contribution in [3.05, 3.63) is 11.1 Å². The van der Waals surface area contributed by atoms with E-state index >= 15 is 0 Å². The number of thiazole rings is 1. The average molecular weight is 237 g/mol. The van der Waals surface area contributed by atoms with Crippen molar-refractivity contribution in [2.45, 2.75) is 38.3 Å². The molecule has 3 rings (SSSR count). The second kappa shape index (κ2) is 4.34. The Morgan fingerprint density at radius 1 is 1.44 bits per heavy atom. The van der Waals surface area contributed by atoms with Gasteiger partial charge >= 0.3 is 0 Å². The molecule has 2 aliphatic rings. The Hall–Kier alpha value is -0.610. The van der Waals surface area contributed by atoms with Gasteiger partial charge in [-0.25, -0.2) is 4.98 Å². The summed E-state index contributed by atoms with van der Waals surface area (Å²) >= 11 is 1.86. The summed E-state index contributed by atoms with van der Waals surface area (Å²) in [6.07, 6.45) is 7.62. The Bertz CT molecular complexity index is 355. The van der Waals surface area contributed by atoms with Gasteiger partial charge in [0.2, 0.25) is 0 Å². The maximum Gasteiger partial charge on any atom is 0.185 e. The van der Waals surface area contributed by atoms with Crippen molar-refractivity contribution in [2.75, 3.05) is 18.5 Å². The summed E-state index contributed by atoms with van der Waals surface area (Å²) in [5.74, 6) is 0.956. The van der Waals surface area contributed by atoms with E-state index < -0.39 is 0 Å². The monoisotopic (exact) mass is 237 g/mol. The molecule has 4 heteroatoms. The quantitative estimate of drug-likeness (QED) is 0.822. The number of hydrogen-bond donors (Lipinski definition) is 1. The molecule has 0 aliphatic heterocycles. The predicted octanol–water partition coefficient (Wildman–Crippen LogP) is 2.24. The van der Waals surface area contributed by atoms with Crippen LogP contribution in [-0.4, -0.2) is 24.6 Å². The van der Waals surface area contributed by atoms with Crippen LogP contribution in [0.15, 0.2) is 6.20 Å². The lowest BCUT2D eigenvalue weighted by Gasteiger charge is -2.20. The summed E-state index contributed by atoms with van der Waals surface area (Å²) in [4.78, 5) is 8.48. The van der Waals surface area contributed by atoms with E-state index in [9.17, 15) is 0 Å². The topological polar surface area (TPSA) is 28.2 Å². The van der Waals surface area contributed by atoms with Crippen LogP contribution < -0.4 is 10.2 Å². The van der Waals surface area contributed by atoms with Crippen LogP contribution in [-0.2, 0) is 6.54 Å². The lowest BCUT2D eigenvalue weighted by atomic mass is 10.4. The van der Waals surface area contributed by atoms with E-state index in [4.69, 9.17) is 0 Å². The molecule has 1 heterocycles. The van der Waals surface area contributed by atoms with E-state index in [1.807, 2.05) is 24.6 Å². The molecule has 0 bridgehead atoms. The highest BCUT2D eigenvalue weighted by atomic mass is 32.1. The van der Waals surface area contributed by atoms with Gasteiger partial charge in [-0.3, -0.25) is 0 Å². The Morgan fingerprint density at radius 2 is 2.25 bits per heavy atom. The molecule has 0 aromatic carbocycles. The molecule has 2 aliphatic carbocycles. The standard InChI is InChI=1S/C12H19N3S/c1-13-6-11-7-14-12(16-11)15(10-4-5-10)8-9-2-3-9/h7,9-10,13H,2-6,8H2,1H3. The Kier molecular flexibility index (Phi) is 2.86. The van der Waals surface area contributed by atoms with E-state index in [1.165, 1.54) is 42.2 Å². The maximum absolute atomic E-state index is 4.58. The van der Waals surface area contributed by atoms with Crippen molar-refractivity contribution in [3.8, 4) is 0 Å². The van der Waals surface area contributed by atoms with Gasteiger partial charge < -0.3 is 10.2 Å². The Labute approximate surface area is 101 Å². The van der Waals surface area contributed by atoms with E-state index in [2.05, 4.69) is 15.2 Å². The molecule has 0 radical (unpaired) electrons. The van der Waals surface area contributed by atoms with Gasteiger partial charge in [0.25, 0.3) is 0 Å². The molecule has 0 saturated heterocycles. The van der Waals surface area contributed by atoms with E-state index in [0.717, 1.165) is 18.5 Å². The zero-order valence-corrected chi connectivity index (χ0v) is 10.6. The normalized spacial score (nSPS) is 20.1. The summed E-state index contributed by atoms with van der Waals surface area (Å²) in [6, 6.07) is 0.800. The minimum Gasteiger partial charge on any atom is -0.345 e. The zero-order valence-electron chi connectivity index (χ0n) is 9.78. The fraction of sp³-hybridized carbons (Fsp3) is 0.750. The van der Waals surface area contributed by atoms with Gasteiger partial charge in [0, 0.05) is 30.2 Å². The third kappa shape index (κ3) is 2.38. The summed E-state index contributed by atoms with van der Waals surface area (Å²) < 4.78 is 0. The zero-order chi connectivity index (χ0) is 11.0. The first-order valence-electron chi connectivity index (χ1n) is 6.23. The molecular formula is C12H19N3S. The van der Waals surface area contributed by atoms with Gasteiger partial charge in [-0.05, 0) is 38.6 Å². The smallest absolute Gasteiger partial charge is 0.185 e. The highest BCUT2D eigenvalue weighted by molar-refractivity contribution is 7.15. The van der Waals surface area contributed by atoms with Crippen LogP contribution in [0.5, 0.6) is 0 Å². The molecule has 88 valence electrons. The van der Waals surface area contributed by atoms with Crippen molar-refractivity contribution in [2.24, 2.45) is 5.92 Å². The van der Waals surface area contributed by atoms with Crippen LogP contribution in [0.4, 0.5) is 5.13 Å². The molecule has 1 aromatic rings. The summed E-state index contributed by atoms with van der Waals surface area (Å²) in [5, 5.41) is 4.44. The second-order valence-electron chi connectivity index (χ2n) is 4.97. The number of aromatic nitrogens is 1. The van der Waals surface area contributed by atoms with Gasteiger partial charge in [0.15, 0.2) is 5.13 Å².